The van der Waals surface area contributed by atoms with E-state index in [4.69, 9.17) is 0 Å². The molecule has 110 valence electrons. The second kappa shape index (κ2) is 5.60. The number of hydrogen-bond donors (Lipinski definition) is 1. The van der Waals surface area contributed by atoms with Crippen LogP contribution in [0, 0.1) is 20.8 Å². The Balaban J connectivity index is 2.13. The summed E-state index contributed by atoms with van der Waals surface area (Å²) in [5, 5.41) is 20.8. The number of aryl methyl sites for hydroxylation is 3. The minimum atomic E-state index is 0.143. The number of aromatic hydroxyl groups is 1. The fraction of sp³-hybridized carbons (Fsp3) is 0.158. The van der Waals surface area contributed by atoms with Crippen molar-refractivity contribution < 1.29 is 5.11 Å². The van der Waals surface area contributed by atoms with Crippen molar-refractivity contribution in [2.24, 2.45) is 10.2 Å². The molecule has 0 atom stereocenters. The zero-order chi connectivity index (χ0) is 15.7. The lowest BCUT2D eigenvalue weighted by Crippen LogP contribution is -1.83. The van der Waals surface area contributed by atoms with Crippen molar-refractivity contribution in [3.05, 3.63) is 65.2 Å². The lowest BCUT2D eigenvalue weighted by Gasteiger charge is -2.07. The average molecular weight is 290 g/mol. The SMILES string of the molecule is Cc1cc(C)c(/N=N/c2c(O)ccc3ccccc23)c(C)c1. The second-order valence-corrected chi connectivity index (χ2v) is 5.60. The highest BCUT2D eigenvalue weighted by molar-refractivity contribution is 5.95. The topological polar surface area (TPSA) is 45.0 Å². The Bertz CT molecular complexity index is 859. The van der Waals surface area contributed by atoms with Gasteiger partial charge in [-0.2, -0.15) is 0 Å². The van der Waals surface area contributed by atoms with Gasteiger partial charge < -0.3 is 5.11 Å². The third-order valence-electron chi connectivity index (χ3n) is 3.76. The number of rotatable bonds is 2. The minimum Gasteiger partial charge on any atom is -0.506 e. The number of phenols is 1. The Morgan fingerprint density at radius 2 is 1.41 bits per heavy atom. The van der Waals surface area contributed by atoms with Gasteiger partial charge in [-0.3, -0.25) is 0 Å². The third kappa shape index (κ3) is 2.58. The highest BCUT2D eigenvalue weighted by Gasteiger charge is 2.07. The molecule has 0 aliphatic carbocycles. The van der Waals surface area contributed by atoms with Gasteiger partial charge in [0.2, 0.25) is 0 Å². The maximum Gasteiger partial charge on any atom is 0.143 e. The molecule has 0 fully saturated rings. The van der Waals surface area contributed by atoms with Crippen molar-refractivity contribution in [1.82, 2.24) is 0 Å². The summed E-state index contributed by atoms with van der Waals surface area (Å²) in [7, 11) is 0. The number of fused-ring (bicyclic) bond motifs is 1. The fourth-order valence-electron chi connectivity index (χ4n) is 2.78. The molecule has 3 aromatic carbocycles. The zero-order valence-electron chi connectivity index (χ0n) is 13.0. The molecular formula is C19H18N2O. The Kier molecular flexibility index (Phi) is 3.63. The first-order valence-corrected chi connectivity index (χ1v) is 7.26. The van der Waals surface area contributed by atoms with Crippen molar-refractivity contribution in [3.63, 3.8) is 0 Å². The van der Waals surface area contributed by atoms with E-state index >= 15 is 0 Å². The molecule has 3 heteroatoms. The minimum absolute atomic E-state index is 0.143. The Morgan fingerprint density at radius 3 is 2.14 bits per heavy atom. The van der Waals surface area contributed by atoms with E-state index in [1.54, 1.807) is 6.07 Å². The van der Waals surface area contributed by atoms with Gasteiger partial charge in [0.05, 0.1) is 5.69 Å². The monoisotopic (exact) mass is 290 g/mol. The van der Waals surface area contributed by atoms with Gasteiger partial charge in [-0.05, 0) is 43.4 Å². The molecule has 0 aromatic heterocycles. The Morgan fingerprint density at radius 1 is 0.773 bits per heavy atom. The number of phenolic OH excluding ortho intramolecular Hbond substituents is 1. The first-order chi connectivity index (χ1) is 10.6. The summed E-state index contributed by atoms with van der Waals surface area (Å²) in [5.41, 5.74) is 4.75. The van der Waals surface area contributed by atoms with Crippen LogP contribution in [0.25, 0.3) is 10.8 Å². The van der Waals surface area contributed by atoms with Crippen LogP contribution in [0.5, 0.6) is 5.75 Å². The molecule has 0 saturated carbocycles. The molecule has 3 nitrogen and oxygen atoms in total. The lowest BCUT2D eigenvalue weighted by atomic mass is 10.1. The van der Waals surface area contributed by atoms with E-state index in [1.807, 2.05) is 44.2 Å². The first-order valence-electron chi connectivity index (χ1n) is 7.26. The average Bonchev–Trinajstić information content (AvgIpc) is 2.48. The van der Waals surface area contributed by atoms with E-state index in [-0.39, 0.29) is 5.75 Å². The summed E-state index contributed by atoms with van der Waals surface area (Å²) in [4.78, 5) is 0. The molecule has 0 aliphatic rings. The molecule has 0 radical (unpaired) electrons. The van der Waals surface area contributed by atoms with Crippen LogP contribution in [0.4, 0.5) is 11.4 Å². The molecule has 22 heavy (non-hydrogen) atoms. The second-order valence-electron chi connectivity index (χ2n) is 5.60. The Hall–Kier alpha value is -2.68. The van der Waals surface area contributed by atoms with Gasteiger partial charge in [-0.1, -0.05) is 48.0 Å². The number of azo groups is 1. The van der Waals surface area contributed by atoms with E-state index in [0.29, 0.717) is 5.69 Å². The largest absolute Gasteiger partial charge is 0.506 e. The van der Waals surface area contributed by atoms with E-state index < -0.39 is 0 Å². The lowest BCUT2D eigenvalue weighted by molar-refractivity contribution is 0.477. The smallest absolute Gasteiger partial charge is 0.143 e. The third-order valence-corrected chi connectivity index (χ3v) is 3.76. The van der Waals surface area contributed by atoms with Gasteiger partial charge in [-0.15, -0.1) is 10.2 Å². The van der Waals surface area contributed by atoms with Crippen LogP contribution in [0.15, 0.2) is 58.8 Å². The molecule has 0 saturated heterocycles. The van der Waals surface area contributed by atoms with Crippen LogP contribution in [0.3, 0.4) is 0 Å². The molecule has 0 unspecified atom stereocenters. The molecule has 0 amide bonds. The quantitative estimate of drug-likeness (QED) is 0.588. The van der Waals surface area contributed by atoms with Crippen LogP contribution < -0.4 is 0 Å². The highest BCUT2D eigenvalue weighted by atomic mass is 16.3. The molecule has 0 aliphatic heterocycles. The first kappa shape index (κ1) is 14.3. The predicted molar refractivity (Wildman–Crippen MR) is 90.4 cm³/mol. The summed E-state index contributed by atoms with van der Waals surface area (Å²) in [5.74, 6) is 0.143. The molecule has 3 aromatic rings. The molecule has 1 N–H and O–H groups in total. The van der Waals surface area contributed by atoms with Gasteiger partial charge in [0, 0.05) is 5.39 Å². The van der Waals surface area contributed by atoms with Gasteiger partial charge in [0.15, 0.2) is 0 Å². The number of benzene rings is 3. The van der Waals surface area contributed by atoms with Crippen molar-refractivity contribution >= 4 is 22.1 Å². The van der Waals surface area contributed by atoms with Crippen molar-refractivity contribution in [2.75, 3.05) is 0 Å². The summed E-state index contributed by atoms with van der Waals surface area (Å²) in [6.07, 6.45) is 0. The summed E-state index contributed by atoms with van der Waals surface area (Å²) in [6, 6.07) is 15.6. The van der Waals surface area contributed by atoms with E-state index in [9.17, 15) is 5.11 Å². The van der Waals surface area contributed by atoms with E-state index in [2.05, 4.69) is 29.3 Å². The summed E-state index contributed by atoms with van der Waals surface area (Å²) < 4.78 is 0. The normalized spacial score (nSPS) is 11.4. The van der Waals surface area contributed by atoms with Crippen molar-refractivity contribution in [2.45, 2.75) is 20.8 Å². The maximum absolute atomic E-state index is 10.1. The van der Waals surface area contributed by atoms with Crippen LogP contribution in [-0.2, 0) is 0 Å². The molecule has 0 heterocycles. The molecule has 0 spiro atoms. The van der Waals surface area contributed by atoms with Crippen LogP contribution >= 0.6 is 0 Å². The fourth-order valence-corrected chi connectivity index (χ4v) is 2.78. The van der Waals surface area contributed by atoms with Crippen molar-refractivity contribution in [3.8, 4) is 5.75 Å². The molecular weight excluding hydrogens is 272 g/mol. The van der Waals surface area contributed by atoms with Crippen molar-refractivity contribution in [1.29, 1.82) is 0 Å². The van der Waals surface area contributed by atoms with Gasteiger partial charge in [0.1, 0.15) is 11.4 Å². The van der Waals surface area contributed by atoms with Gasteiger partial charge >= 0.3 is 0 Å². The Labute approximate surface area is 130 Å². The van der Waals surface area contributed by atoms with E-state index in [0.717, 1.165) is 27.6 Å². The maximum atomic E-state index is 10.1. The number of nitrogens with zero attached hydrogens (tertiary/aromatic N) is 2. The molecule has 0 bridgehead atoms. The van der Waals surface area contributed by atoms with Crippen LogP contribution in [0.1, 0.15) is 16.7 Å². The van der Waals surface area contributed by atoms with Crippen LogP contribution in [0.2, 0.25) is 0 Å². The van der Waals surface area contributed by atoms with Gasteiger partial charge in [-0.25, -0.2) is 0 Å². The van der Waals surface area contributed by atoms with Crippen LogP contribution in [-0.4, -0.2) is 5.11 Å². The summed E-state index contributed by atoms with van der Waals surface area (Å²) in [6.45, 7) is 6.12. The summed E-state index contributed by atoms with van der Waals surface area (Å²) >= 11 is 0. The van der Waals surface area contributed by atoms with Gasteiger partial charge in [0.25, 0.3) is 0 Å². The number of hydrogen-bond acceptors (Lipinski definition) is 3. The van der Waals surface area contributed by atoms with E-state index in [1.165, 1.54) is 5.56 Å². The predicted octanol–water partition coefficient (Wildman–Crippen LogP) is 5.89. The zero-order valence-corrected chi connectivity index (χ0v) is 13.0. The standard InChI is InChI=1S/C19H18N2O/c1-12-10-13(2)18(14(3)11-12)20-21-19-16-7-5-4-6-15(16)8-9-17(19)22/h4-11,22H,1-3H3/b21-20+. The highest BCUT2D eigenvalue weighted by Crippen LogP contribution is 2.36. The molecule has 3 rings (SSSR count).